The molecule has 0 amide bonds. The van der Waals surface area contributed by atoms with Crippen LogP contribution in [0.3, 0.4) is 0 Å². The minimum absolute atomic E-state index is 0.876. The van der Waals surface area contributed by atoms with Gasteiger partial charge < -0.3 is 9.32 Å². The van der Waals surface area contributed by atoms with Crippen molar-refractivity contribution in [3.05, 3.63) is 200 Å². The van der Waals surface area contributed by atoms with Gasteiger partial charge in [0, 0.05) is 27.9 Å². The number of rotatable bonds is 7. The molecule has 236 valence electrons. The van der Waals surface area contributed by atoms with Crippen LogP contribution < -0.4 is 4.90 Å². The summed E-state index contributed by atoms with van der Waals surface area (Å²) in [6.45, 7) is 0. The smallest absolute Gasteiger partial charge is 0.135 e. The molecule has 2 heteroatoms. The molecule has 0 saturated carbocycles. The maximum absolute atomic E-state index is 6.19. The van der Waals surface area contributed by atoms with E-state index in [-0.39, 0.29) is 0 Å². The Bertz CT molecular complexity index is 2550. The molecule has 0 atom stereocenters. The molecular weight excluding hydrogens is 607 g/mol. The van der Waals surface area contributed by atoms with Crippen LogP contribution in [0.5, 0.6) is 0 Å². The molecule has 9 rings (SSSR count). The number of fused-ring (bicyclic) bond motifs is 2. The summed E-state index contributed by atoms with van der Waals surface area (Å²) in [4.78, 5) is 2.38. The fourth-order valence-electron chi connectivity index (χ4n) is 6.91. The lowest BCUT2D eigenvalue weighted by Crippen LogP contribution is -2.11. The van der Waals surface area contributed by atoms with Crippen LogP contribution in [0, 0.1) is 0 Å². The molecule has 0 bridgehead atoms. The van der Waals surface area contributed by atoms with Crippen LogP contribution in [-0.4, -0.2) is 0 Å². The van der Waals surface area contributed by atoms with Gasteiger partial charge >= 0.3 is 0 Å². The molecule has 0 spiro atoms. The molecule has 0 saturated heterocycles. The Morgan fingerprint density at radius 1 is 0.320 bits per heavy atom. The molecule has 0 aliphatic rings. The zero-order valence-electron chi connectivity index (χ0n) is 27.4. The first-order valence-electron chi connectivity index (χ1n) is 17.0. The van der Waals surface area contributed by atoms with Gasteiger partial charge in [0.25, 0.3) is 0 Å². The molecule has 8 aromatic carbocycles. The fraction of sp³-hybridized carbons (Fsp3) is 0. The van der Waals surface area contributed by atoms with Crippen LogP contribution in [0.2, 0.25) is 0 Å². The summed E-state index contributed by atoms with van der Waals surface area (Å²) in [5.41, 5.74) is 12.3. The van der Waals surface area contributed by atoms with Crippen molar-refractivity contribution < 1.29 is 4.42 Å². The van der Waals surface area contributed by atoms with E-state index in [1.807, 2.05) is 18.2 Å². The van der Waals surface area contributed by atoms with Gasteiger partial charge in [-0.05, 0) is 87.1 Å². The second kappa shape index (κ2) is 12.8. The van der Waals surface area contributed by atoms with Crippen molar-refractivity contribution in [1.82, 2.24) is 0 Å². The number of hydrogen-bond donors (Lipinski definition) is 0. The molecule has 1 aromatic heterocycles. The van der Waals surface area contributed by atoms with Crippen LogP contribution in [0.1, 0.15) is 0 Å². The zero-order chi connectivity index (χ0) is 33.3. The molecule has 2 nitrogen and oxygen atoms in total. The Morgan fingerprint density at radius 2 is 0.900 bits per heavy atom. The highest BCUT2D eigenvalue weighted by atomic mass is 16.3. The minimum atomic E-state index is 0.876. The highest BCUT2D eigenvalue weighted by Gasteiger charge is 2.18. The van der Waals surface area contributed by atoms with Gasteiger partial charge in [-0.2, -0.15) is 0 Å². The van der Waals surface area contributed by atoms with Gasteiger partial charge in [-0.3, -0.25) is 0 Å². The number of benzene rings is 8. The first-order valence-corrected chi connectivity index (χ1v) is 17.0. The van der Waals surface area contributed by atoms with E-state index in [0.29, 0.717) is 0 Å². The van der Waals surface area contributed by atoms with Crippen LogP contribution in [0.4, 0.5) is 17.1 Å². The number of para-hydroxylation sites is 2. The van der Waals surface area contributed by atoms with Crippen LogP contribution in [0.15, 0.2) is 205 Å². The third kappa shape index (κ3) is 5.63. The van der Waals surface area contributed by atoms with Crippen molar-refractivity contribution in [2.45, 2.75) is 0 Å². The second-order valence-electron chi connectivity index (χ2n) is 12.6. The van der Waals surface area contributed by atoms with Gasteiger partial charge in [0.1, 0.15) is 11.3 Å². The van der Waals surface area contributed by atoms with Gasteiger partial charge in [-0.25, -0.2) is 0 Å². The lowest BCUT2D eigenvalue weighted by atomic mass is 9.98. The molecule has 0 radical (unpaired) electrons. The summed E-state index contributed by atoms with van der Waals surface area (Å²) < 4.78 is 6.19. The molecule has 0 unspecified atom stereocenters. The largest absolute Gasteiger partial charge is 0.456 e. The van der Waals surface area contributed by atoms with Gasteiger partial charge in [-0.15, -0.1) is 0 Å². The molecule has 1 heterocycles. The van der Waals surface area contributed by atoms with E-state index in [0.717, 1.165) is 50.5 Å². The van der Waals surface area contributed by atoms with E-state index in [9.17, 15) is 0 Å². The third-order valence-electron chi connectivity index (χ3n) is 9.47. The summed E-state index contributed by atoms with van der Waals surface area (Å²) in [6.07, 6.45) is 0. The number of hydrogen-bond acceptors (Lipinski definition) is 2. The molecular formula is C48H33NO. The third-order valence-corrected chi connectivity index (χ3v) is 9.47. The van der Waals surface area contributed by atoms with Crippen molar-refractivity contribution >= 4 is 38.8 Å². The average molecular weight is 640 g/mol. The van der Waals surface area contributed by atoms with Crippen LogP contribution in [-0.2, 0) is 0 Å². The molecule has 9 aromatic rings. The Labute approximate surface area is 292 Å². The van der Waals surface area contributed by atoms with E-state index in [2.05, 4.69) is 187 Å². The molecule has 0 fully saturated rings. The first kappa shape index (κ1) is 29.5. The Morgan fingerprint density at radius 3 is 1.72 bits per heavy atom. The number of anilines is 3. The average Bonchev–Trinajstić information content (AvgIpc) is 3.64. The van der Waals surface area contributed by atoms with E-state index < -0.39 is 0 Å². The molecule has 0 aliphatic heterocycles. The fourth-order valence-corrected chi connectivity index (χ4v) is 6.91. The Hall–Kier alpha value is -6.64. The van der Waals surface area contributed by atoms with Crippen molar-refractivity contribution in [2.24, 2.45) is 0 Å². The van der Waals surface area contributed by atoms with Crippen molar-refractivity contribution in [1.29, 1.82) is 0 Å². The molecule has 0 N–H and O–H groups in total. The monoisotopic (exact) mass is 639 g/mol. The SMILES string of the molecule is c1ccc(-c2ccc(-c3ccccc3N(c3ccc(-c4cccc(-c5cc6ccccc6o5)c4)cc3)c3ccc4ccccc4c3)cc2)cc1. The van der Waals surface area contributed by atoms with E-state index in [4.69, 9.17) is 4.42 Å². The molecule has 0 aliphatic carbocycles. The van der Waals surface area contributed by atoms with E-state index in [1.165, 1.54) is 33.0 Å². The van der Waals surface area contributed by atoms with Gasteiger partial charge in [0.15, 0.2) is 0 Å². The Kier molecular flexibility index (Phi) is 7.53. The van der Waals surface area contributed by atoms with E-state index in [1.54, 1.807) is 0 Å². The van der Waals surface area contributed by atoms with Crippen molar-refractivity contribution in [3.63, 3.8) is 0 Å². The first-order chi connectivity index (χ1) is 24.8. The maximum atomic E-state index is 6.19. The zero-order valence-corrected chi connectivity index (χ0v) is 27.4. The summed E-state index contributed by atoms with van der Waals surface area (Å²) >= 11 is 0. The standard InChI is InChI=1S/C48H33NO/c1-2-11-34(12-3-1)36-21-23-38(24-22-36)45-18-7-8-19-46(45)49(44-30-27-35-13-4-5-14-40(35)32-44)43-28-25-37(26-29-43)39-16-10-17-41(31-39)48-33-42-15-6-9-20-47(42)50-48/h1-33H. The lowest BCUT2D eigenvalue weighted by Gasteiger charge is -2.28. The number of furan rings is 1. The van der Waals surface area contributed by atoms with Gasteiger partial charge in [0.05, 0.1) is 5.69 Å². The van der Waals surface area contributed by atoms with E-state index >= 15 is 0 Å². The second-order valence-corrected chi connectivity index (χ2v) is 12.6. The summed E-state index contributed by atoms with van der Waals surface area (Å²) in [5.74, 6) is 0.876. The number of nitrogens with zero attached hydrogens (tertiary/aromatic N) is 1. The lowest BCUT2D eigenvalue weighted by molar-refractivity contribution is 0.631. The topological polar surface area (TPSA) is 16.4 Å². The quantitative estimate of drug-likeness (QED) is 0.173. The van der Waals surface area contributed by atoms with Crippen molar-refractivity contribution in [3.8, 4) is 44.7 Å². The Balaban J connectivity index is 1.12. The van der Waals surface area contributed by atoms with Crippen LogP contribution in [0.25, 0.3) is 66.4 Å². The summed E-state index contributed by atoms with van der Waals surface area (Å²) in [5, 5.41) is 3.54. The highest BCUT2D eigenvalue weighted by molar-refractivity contribution is 5.93. The summed E-state index contributed by atoms with van der Waals surface area (Å²) in [7, 11) is 0. The highest BCUT2D eigenvalue weighted by Crippen LogP contribution is 2.42. The van der Waals surface area contributed by atoms with Crippen LogP contribution >= 0.6 is 0 Å². The van der Waals surface area contributed by atoms with Crippen molar-refractivity contribution in [2.75, 3.05) is 4.90 Å². The van der Waals surface area contributed by atoms with Gasteiger partial charge in [0.2, 0.25) is 0 Å². The predicted octanol–water partition coefficient (Wildman–Crippen LogP) is 13.7. The predicted molar refractivity (Wildman–Crippen MR) is 210 cm³/mol. The maximum Gasteiger partial charge on any atom is 0.135 e. The summed E-state index contributed by atoms with van der Waals surface area (Å²) in [6, 6.07) is 71.2. The molecule has 50 heavy (non-hydrogen) atoms. The minimum Gasteiger partial charge on any atom is -0.456 e. The normalized spacial score (nSPS) is 11.2. The van der Waals surface area contributed by atoms with Gasteiger partial charge in [-0.1, -0.05) is 152 Å².